The second-order valence-corrected chi connectivity index (χ2v) is 3.76. The molecule has 13 heavy (non-hydrogen) atoms. The van der Waals surface area contributed by atoms with E-state index < -0.39 is 0 Å². The van der Waals surface area contributed by atoms with Crippen molar-refractivity contribution in [3.05, 3.63) is 0 Å². The Bertz CT molecular complexity index is 182. The molecule has 0 radical (unpaired) electrons. The van der Waals surface area contributed by atoms with Crippen LogP contribution in [0.3, 0.4) is 0 Å². The van der Waals surface area contributed by atoms with Gasteiger partial charge in [-0.1, -0.05) is 13.8 Å². The summed E-state index contributed by atoms with van der Waals surface area (Å²) in [6, 6.07) is -0.0625. The lowest BCUT2D eigenvalue weighted by atomic mass is 10.1. The minimum atomic E-state index is -0.0625. The first-order chi connectivity index (χ1) is 6.15. The molecule has 1 aliphatic rings. The number of hydroxylamine groups is 2. The molecule has 1 heterocycles. The zero-order valence-electron chi connectivity index (χ0n) is 8.54. The van der Waals surface area contributed by atoms with Crippen molar-refractivity contribution < 1.29 is 9.63 Å². The van der Waals surface area contributed by atoms with Crippen LogP contribution in [0.5, 0.6) is 0 Å². The smallest absolute Gasteiger partial charge is 0.263 e. The molecule has 0 spiro atoms. The van der Waals surface area contributed by atoms with Crippen LogP contribution < -0.4 is 5.32 Å². The molecule has 76 valence electrons. The molecule has 1 rings (SSSR count). The van der Waals surface area contributed by atoms with Gasteiger partial charge in [0.1, 0.15) is 0 Å². The van der Waals surface area contributed by atoms with Crippen molar-refractivity contribution in [1.82, 2.24) is 10.4 Å². The standard InChI is InChI=1S/C9H18N2O2/c1-7(2)6-11-9(12)8(10-3)4-5-13-11/h7-8,10H,4-6H2,1-3H3. The van der Waals surface area contributed by atoms with Gasteiger partial charge in [0.25, 0.3) is 5.91 Å². The average molecular weight is 186 g/mol. The Kier molecular flexibility index (Phi) is 3.69. The van der Waals surface area contributed by atoms with Crippen LogP contribution >= 0.6 is 0 Å². The van der Waals surface area contributed by atoms with Gasteiger partial charge in [-0.15, -0.1) is 0 Å². The van der Waals surface area contributed by atoms with Crippen molar-refractivity contribution in [2.45, 2.75) is 26.3 Å². The van der Waals surface area contributed by atoms with E-state index in [-0.39, 0.29) is 11.9 Å². The van der Waals surface area contributed by atoms with E-state index in [1.807, 2.05) is 0 Å². The molecule has 0 aromatic carbocycles. The van der Waals surface area contributed by atoms with Crippen molar-refractivity contribution in [2.24, 2.45) is 5.92 Å². The van der Waals surface area contributed by atoms with Crippen molar-refractivity contribution in [3.8, 4) is 0 Å². The van der Waals surface area contributed by atoms with Crippen LogP contribution in [0.2, 0.25) is 0 Å². The molecule has 0 aromatic heterocycles. The van der Waals surface area contributed by atoms with E-state index in [4.69, 9.17) is 4.84 Å². The Morgan fingerprint density at radius 2 is 2.38 bits per heavy atom. The van der Waals surface area contributed by atoms with E-state index in [1.165, 1.54) is 5.06 Å². The van der Waals surface area contributed by atoms with Crippen LogP contribution in [0.15, 0.2) is 0 Å². The zero-order chi connectivity index (χ0) is 9.84. The first-order valence-electron chi connectivity index (χ1n) is 4.76. The maximum Gasteiger partial charge on any atom is 0.263 e. The summed E-state index contributed by atoms with van der Waals surface area (Å²) in [7, 11) is 1.81. The number of nitrogens with zero attached hydrogens (tertiary/aromatic N) is 1. The number of carbonyl (C=O) groups excluding carboxylic acids is 1. The third kappa shape index (κ3) is 2.67. The van der Waals surface area contributed by atoms with Crippen LogP contribution in [0.4, 0.5) is 0 Å². The van der Waals surface area contributed by atoms with Crippen molar-refractivity contribution >= 4 is 5.91 Å². The molecule has 4 nitrogen and oxygen atoms in total. The van der Waals surface area contributed by atoms with Gasteiger partial charge in [0, 0.05) is 0 Å². The summed E-state index contributed by atoms with van der Waals surface area (Å²) in [5.41, 5.74) is 0. The summed E-state index contributed by atoms with van der Waals surface area (Å²) < 4.78 is 0. The van der Waals surface area contributed by atoms with Crippen molar-refractivity contribution in [2.75, 3.05) is 20.2 Å². The molecule has 4 heteroatoms. The van der Waals surface area contributed by atoms with E-state index in [0.717, 1.165) is 6.42 Å². The maximum absolute atomic E-state index is 11.6. The number of amides is 1. The molecule has 1 aliphatic heterocycles. The summed E-state index contributed by atoms with van der Waals surface area (Å²) in [6.07, 6.45) is 0.768. The van der Waals surface area contributed by atoms with Gasteiger partial charge < -0.3 is 5.32 Å². The Balaban J connectivity index is 2.50. The van der Waals surface area contributed by atoms with Gasteiger partial charge in [0.15, 0.2) is 0 Å². The number of hydrogen-bond donors (Lipinski definition) is 1. The molecule has 0 aromatic rings. The number of likely N-dealkylation sites (N-methyl/N-ethyl adjacent to an activating group) is 1. The molecule has 0 bridgehead atoms. The van der Waals surface area contributed by atoms with Gasteiger partial charge in [0.2, 0.25) is 0 Å². The van der Waals surface area contributed by atoms with Crippen molar-refractivity contribution in [1.29, 1.82) is 0 Å². The lowest BCUT2D eigenvalue weighted by Crippen LogP contribution is -2.51. The molecule has 1 atom stereocenters. The largest absolute Gasteiger partial charge is 0.309 e. The Morgan fingerprint density at radius 3 is 2.92 bits per heavy atom. The number of hydrogen-bond acceptors (Lipinski definition) is 3. The SMILES string of the molecule is CNC1CCON(CC(C)C)C1=O. The van der Waals surface area contributed by atoms with E-state index in [9.17, 15) is 4.79 Å². The summed E-state index contributed by atoms with van der Waals surface area (Å²) in [4.78, 5) is 16.9. The fourth-order valence-corrected chi connectivity index (χ4v) is 1.38. The maximum atomic E-state index is 11.6. The molecule has 1 fully saturated rings. The minimum Gasteiger partial charge on any atom is -0.309 e. The molecular formula is C9H18N2O2. The highest BCUT2D eigenvalue weighted by Crippen LogP contribution is 2.10. The van der Waals surface area contributed by atoms with Gasteiger partial charge in [-0.05, 0) is 19.4 Å². The molecule has 1 saturated heterocycles. The molecule has 0 aliphatic carbocycles. The minimum absolute atomic E-state index is 0.0578. The summed E-state index contributed by atoms with van der Waals surface area (Å²) in [5.74, 6) is 0.502. The highest BCUT2D eigenvalue weighted by Gasteiger charge is 2.28. The fraction of sp³-hybridized carbons (Fsp3) is 0.889. The number of rotatable bonds is 3. The van der Waals surface area contributed by atoms with Gasteiger partial charge in [-0.3, -0.25) is 9.63 Å². The number of carbonyl (C=O) groups is 1. The zero-order valence-corrected chi connectivity index (χ0v) is 8.54. The first kappa shape index (κ1) is 10.5. The third-order valence-electron chi connectivity index (χ3n) is 2.08. The normalized spacial score (nSPS) is 24.2. The van der Waals surface area contributed by atoms with E-state index in [1.54, 1.807) is 7.05 Å². The lowest BCUT2D eigenvalue weighted by Gasteiger charge is -2.32. The molecule has 1 N–H and O–H groups in total. The van der Waals surface area contributed by atoms with Gasteiger partial charge in [0.05, 0.1) is 19.2 Å². The second-order valence-electron chi connectivity index (χ2n) is 3.76. The first-order valence-corrected chi connectivity index (χ1v) is 4.76. The Hall–Kier alpha value is -0.610. The van der Waals surface area contributed by atoms with E-state index >= 15 is 0 Å². The Morgan fingerprint density at radius 1 is 1.69 bits per heavy atom. The highest BCUT2D eigenvalue weighted by atomic mass is 16.7. The summed E-state index contributed by atoms with van der Waals surface area (Å²) >= 11 is 0. The van der Waals surface area contributed by atoms with Crippen LogP contribution in [-0.2, 0) is 9.63 Å². The van der Waals surface area contributed by atoms with Gasteiger partial charge in [-0.2, -0.15) is 0 Å². The van der Waals surface area contributed by atoms with Crippen LogP contribution in [-0.4, -0.2) is 37.2 Å². The third-order valence-corrected chi connectivity index (χ3v) is 2.08. The van der Waals surface area contributed by atoms with Crippen LogP contribution in [0.1, 0.15) is 20.3 Å². The summed E-state index contributed by atoms with van der Waals surface area (Å²) in [6.45, 7) is 5.44. The topological polar surface area (TPSA) is 41.6 Å². The van der Waals surface area contributed by atoms with E-state index in [0.29, 0.717) is 19.1 Å². The Labute approximate surface area is 79.2 Å². The van der Waals surface area contributed by atoms with Crippen molar-refractivity contribution in [3.63, 3.8) is 0 Å². The fourth-order valence-electron chi connectivity index (χ4n) is 1.38. The van der Waals surface area contributed by atoms with Crippen LogP contribution in [0.25, 0.3) is 0 Å². The van der Waals surface area contributed by atoms with Gasteiger partial charge in [-0.25, -0.2) is 5.06 Å². The molecule has 1 amide bonds. The van der Waals surface area contributed by atoms with E-state index in [2.05, 4.69) is 19.2 Å². The van der Waals surface area contributed by atoms with Gasteiger partial charge >= 0.3 is 0 Å². The molecular weight excluding hydrogens is 168 g/mol. The summed E-state index contributed by atoms with van der Waals surface area (Å²) in [5, 5.41) is 4.47. The second kappa shape index (κ2) is 4.58. The lowest BCUT2D eigenvalue weighted by molar-refractivity contribution is -0.204. The number of nitrogens with one attached hydrogen (secondary N) is 1. The molecule has 0 saturated carbocycles. The average Bonchev–Trinajstić information content (AvgIpc) is 2.08. The highest BCUT2D eigenvalue weighted by molar-refractivity contribution is 5.81. The molecule has 1 unspecified atom stereocenters. The predicted molar refractivity (Wildman–Crippen MR) is 50.0 cm³/mol. The predicted octanol–water partition coefficient (Wildman–Crippen LogP) is 0.394. The quantitative estimate of drug-likeness (QED) is 0.693. The van der Waals surface area contributed by atoms with Crippen LogP contribution in [0, 0.1) is 5.92 Å². The monoisotopic (exact) mass is 186 g/mol.